The summed E-state index contributed by atoms with van der Waals surface area (Å²) in [6, 6.07) is 6.29. The lowest BCUT2D eigenvalue weighted by molar-refractivity contribution is -0.121. The van der Waals surface area contributed by atoms with Crippen LogP contribution >= 0.6 is 0 Å². The smallest absolute Gasteiger partial charge is 0.243 e. The molecule has 0 saturated heterocycles. The molecule has 1 amide bonds. The Morgan fingerprint density at radius 2 is 1.85 bits per heavy atom. The van der Waals surface area contributed by atoms with Gasteiger partial charge in [0.05, 0.1) is 11.4 Å². The van der Waals surface area contributed by atoms with Crippen LogP contribution in [-0.2, 0) is 21.4 Å². The SMILES string of the molecule is CC(C)NC(=O)CN(C)S(=O)(=O)c1ccc(CN)cc1. The van der Waals surface area contributed by atoms with Crippen molar-refractivity contribution in [1.29, 1.82) is 0 Å². The van der Waals surface area contributed by atoms with Gasteiger partial charge in [-0.25, -0.2) is 8.42 Å². The van der Waals surface area contributed by atoms with Crippen molar-refractivity contribution in [2.24, 2.45) is 5.73 Å². The van der Waals surface area contributed by atoms with Gasteiger partial charge >= 0.3 is 0 Å². The monoisotopic (exact) mass is 299 g/mol. The molecule has 0 radical (unpaired) electrons. The van der Waals surface area contributed by atoms with Crippen LogP contribution < -0.4 is 11.1 Å². The summed E-state index contributed by atoms with van der Waals surface area (Å²) in [6.07, 6.45) is 0. The Morgan fingerprint density at radius 1 is 1.30 bits per heavy atom. The summed E-state index contributed by atoms with van der Waals surface area (Å²) in [5, 5.41) is 2.65. The lowest BCUT2D eigenvalue weighted by Gasteiger charge is -2.18. The van der Waals surface area contributed by atoms with E-state index in [2.05, 4.69) is 5.32 Å². The minimum absolute atomic E-state index is 0.0255. The van der Waals surface area contributed by atoms with Crippen LogP contribution in [0.3, 0.4) is 0 Å². The van der Waals surface area contributed by atoms with Crippen molar-refractivity contribution in [1.82, 2.24) is 9.62 Å². The van der Waals surface area contributed by atoms with Crippen molar-refractivity contribution >= 4 is 15.9 Å². The zero-order valence-corrected chi connectivity index (χ0v) is 12.8. The van der Waals surface area contributed by atoms with E-state index in [0.29, 0.717) is 6.54 Å². The minimum atomic E-state index is -3.66. The van der Waals surface area contributed by atoms with Crippen molar-refractivity contribution in [2.75, 3.05) is 13.6 Å². The number of hydrogen-bond donors (Lipinski definition) is 2. The number of hydrogen-bond acceptors (Lipinski definition) is 4. The highest BCUT2D eigenvalue weighted by Crippen LogP contribution is 2.14. The van der Waals surface area contributed by atoms with Gasteiger partial charge in [0.15, 0.2) is 0 Å². The number of carbonyl (C=O) groups excluding carboxylic acids is 1. The van der Waals surface area contributed by atoms with Crippen molar-refractivity contribution in [3.8, 4) is 0 Å². The highest BCUT2D eigenvalue weighted by molar-refractivity contribution is 7.89. The third kappa shape index (κ3) is 4.29. The van der Waals surface area contributed by atoms with E-state index < -0.39 is 10.0 Å². The Hall–Kier alpha value is -1.44. The van der Waals surface area contributed by atoms with Gasteiger partial charge < -0.3 is 11.1 Å². The number of sulfonamides is 1. The lowest BCUT2D eigenvalue weighted by atomic mass is 10.2. The van der Waals surface area contributed by atoms with Crippen LogP contribution in [0.15, 0.2) is 29.2 Å². The van der Waals surface area contributed by atoms with Gasteiger partial charge in [0, 0.05) is 19.6 Å². The second-order valence-electron chi connectivity index (χ2n) is 4.83. The quantitative estimate of drug-likeness (QED) is 0.789. The average molecular weight is 299 g/mol. The molecular weight excluding hydrogens is 278 g/mol. The first kappa shape index (κ1) is 16.6. The van der Waals surface area contributed by atoms with Gasteiger partial charge in [0.25, 0.3) is 0 Å². The van der Waals surface area contributed by atoms with Crippen LogP contribution in [-0.4, -0.2) is 38.3 Å². The van der Waals surface area contributed by atoms with E-state index in [1.807, 2.05) is 13.8 Å². The highest BCUT2D eigenvalue weighted by Gasteiger charge is 2.22. The Labute approximate surface area is 120 Å². The molecule has 0 aromatic heterocycles. The summed E-state index contributed by atoms with van der Waals surface area (Å²) in [4.78, 5) is 11.8. The second-order valence-corrected chi connectivity index (χ2v) is 6.88. The van der Waals surface area contributed by atoms with Crippen molar-refractivity contribution < 1.29 is 13.2 Å². The first-order valence-electron chi connectivity index (χ1n) is 6.32. The number of nitrogens with one attached hydrogen (secondary N) is 1. The molecular formula is C13H21N3O3S. The molecule has 0 aliphatic heterocycles. The molecule has 3 N–H and O–H groups in total. The Kier molecular flexibility index (Phi) is 5.67. The van der Waals surface area contributed by atoms with Gasteiger partial charge in [-0.1, -0.05) is 12.1 Å². The number of likely N-dealkylation sites (N-methyl/N-ethyl adjacent to an activating group) is 1. The van der Waals surface area contributed by atoms with E-state index in [1.54, 1.807) is 12.1 Å². The fourth-order valence-electron chi connectivity index (χ4n) is 1.63. The first-order chi connectivity index (χ1) is 9.27. The van der Waals surface area contributed by atoms with Crippen molar-refractivity contribution in [3.05, 3.63) is 29.8 Å². The number of rotatable bonds is 6. The Balaban J connectivity index is 2.83. The molecule has 0 aliphatic rings. The second kappa shape index (κ2) is 6.83. The molecule has 6 nitrogen and oxygen atoms in total. The zero-order chi connectivity index (χ0) is 15.3. The maximum Gasteiger partial charge on any atom is 0.243 e. The molecule has 0 atom stereocenters. The number of benzene rings is 1. The van der Waals surface area contributed by atoms with Gasteiger partial charge in [-0.05, 0) is 31.5 Å². The summed E-state index contributed by atoms with van der Waals surface area (Å²) in [6.45, 7) is 3.78. The summed E-state index contributed by atoms with van der Waals surface area (Å²) in [5.74, 6) is -0.329. The zero-order valence-electron chi connectivity index (χ0n) is 12.0. The number of nitrogens with zero attached hydrogens (tertiary/aromatic N) is 1. The summed E-state index contributed by atoms with van der Waals surface area (Å²) in [5.41, 5.74) is 6.32. The van der Waals surface area contributed by atoms with Gasteiger partial charge in [-0.3, -0.25) is 4.79 Å². The van der Waals surface area contributed by atoms with Gasteiger partial charge in [0.2, 0.25) is 15.9 Å². The number of carbonyl (C=O) groups is 1. The van der Waals surface area contributed by atoms with Crippen LogP contribution in [0.5, 0.6) is 0 Å². The fourth-order valence-corrected chi connectivity index (χ4v) is 2.76. The highest BCUT2D eigenvalue weighted by atomic mass is 32.2. The molecule has 0 aliphatic carbocycles. The van der Waals surface area contributed by atoms with Crippen LogP contribution in [0, 0.1) is 0 Å². The molecule has 0 bridgehead atoms. The van der Waals surface area contributed by atoms with E-state index >= 15 is 0 Å². The van der Waals surface area contributed by atoms with Crippen LogP contribution in [0.1, 0.15) is 19.4 Å². The fraction of sp³-hybridized carbons (Fsp3) is 0.462. The van der Waals surface area contributed by atoms with Gasteiger partial charge in [-0.15, -0.1) is 0 Å². The minimum Gasteiger partial charge on any atom is -0.353 e. The molecule has 0 saturated carbocycles. The van der Waals surface area contributed by atoms with Crippen molar-refractivity contribution in [2.45, 2.75) is 31.3 Å². The van der Waals surface area contributed by atoms with Gasteiger partial charge in [0.1, 0.15) is 0 Å². The maximum atomic E-state index is 12.3. The molecule has 7 heteroatoms. The third-order valence-corrected chi connectivity index (χ3v) is 4.50. The van der Waals surface area contributed by atoms with E-state index in [0.717, 1.165) is 9.87 Å². The summed E-state index contributed by atoms with van der Waals surface area (Å²) >= 11 is 0. The standard InChI is InChI=1S/C13H21N3O3S/c1-10(2)15-13(17)9-16(3)20(18,19)12-6-4-11(8-14)5-7-12/h4-7,10H,8-9,14H2,1-3H3,(H,15,17). The summed E-state index contributed by atoms with van der Waals surface area (Å²) in [7, 11) is -2.28. The first-order valence-corrected chi connectivity index (χ1v) is 7.76. The van der Waals surface area contributed by atoms with Crippen molar-refractivity contribution in [3.63, 3.8) is 0 Å². The molecule has 0 spiro atoms. The topological polar surface area (TPSA) is 92.5 Å². The van der Waals surface area contributed by atoms with E-state index in [9.17, 15) is 13.2 Å². The summed E-state index contributed by atoms with van der Waals surface area (Å²) < 4.78 is 25.6. The molecule has 0 unspecified atom stereocenters. The molecule has 1 aromatic rings. The van der Waals surface area contributed by atoms with E-state index in [-0.39, 0.29) is 23.4 Å². The predicted octanol–water partition coefficient (Wildman–Crippen LogP) is 0.290. The van der Waals surface area contributed by atoms with Crippen LogP contribution in [0.25, 0.3) is 0 Å². The predicted molar refractivity (Wildman–Crippen MR) is 77.4 cm³/mol. The number of amides is 1. The van der Waals surface area contributed by atoms with Gasteiger partial charge in [-0.2, -0.15) is 4.31 Å². The number of nitrogens with two attached hydrogens (primary N) is 1. The Bertz CT molecular complexity index is 553. The largest absolute Gasteiger partial charge is 0.353 e. The third-order valence-electron chi connectivity index (χ3n) is 2.68. The molecule has 20 heavy (non-hydrogen) atoms. The molecule has 0 fully saturated rings. The van der Waals surface area contributed by atoms with E-state index in [4.69, 9.17) is 5.73 Å². The normalized spacial score (nSPS) is 11.9. The molecule has 1 rings (SSSR count). The van der Waals surface area contributed by atoms with Crippen LogP contribution in [0.4, 0.5) is 0 Å². The van der Waals surface area contributed by atoms with Crippen LogP contribution in [0.2, 0.25) is 0 Å². The average Bonchev–Trinajstić information content (AvgIpc) is 2.37. The maximum absolute atomic E-state index is 12.3. The lowest BCUT2D eigenvalue weighted by Crippen LogP contribution is -2.40. The molecule has 0 heterocycles. The Morgan fingerprint density at radius 3 is 2.30 bits per heavy atom. The molecule has 112 valence electrons. The van der Waals surface area contributed by atoms with E-state index in [1.165, 1.54) is 19.2 Å². The molecule has 1 aromatic carbocycles.